The van der Waals surface area contributed by atoms with E-state index in [4.69, 9.17) is 5.73 Å². The maximum atomic E-state index is 12.5. The van der Waals surface area contributed by atoms with E-state index >= 15 is 0 Å². The van der Waals surface area contributed by atoms with Crippen molar-refractivity contribution in [3.8, 4) is 0 Å². The highest BCUT2D eigenvalue weighted by atomic mass is 35.5. The van der Waals surface area contributed by atoms with Crippen molar-refractivity contribution in [2.75, 3.05) is 26.2 Å². The molecule has 25 heavy (non-hydrogen) atoms. The van der Waals surface area contributed by atoms with Crippen LogP contribution in [0, 0.1) is 12.8 Å². The summed E-state index contributed by atoms with van der Waals surface area (Å²) in [6.07, 6.45) is 4.05. The van der Waals surface area contributed by atoms with Crippen LogP contribution in [0.25, 0.3) is 0 Å². The molecule has 0 bridgehead atoms. The van der Waals surface area contributed by atoms with Crippen LogP contribution in [-0.4, -0.2) is 47.9 Å². The number of hydrogen-bond acceptors (Lipinski definition) is 3. The van der Waals surface area contributed by atoms with Gasteiger partial charge in [0.15, 0.2) is 0 Å². The highest BCUT2D eigenvalue weighted by Gasteiger charge is 2.29. The monoisotopic (exact) mass is 387 g/mol. The lowest BCUT2D eigenvalue weighted by Crippen LogP contribution is -2.49. The van der Waals surface area contributed by atoms with E-state index in [1.807, 2.05) is 4.90 Å². The molecule has 1 heterocycles. The van der Waals surface area contributed by atoms with Gasteiger partial charge in [-0.15, -0.1) is 24.8 Å². The highest BCUT2D eigenvalue weighted by Crippen LogP contribution is 2.27. The van der Waals surface area contributed by atoms with Crippen LogP contribution in [0.3, 0.4) is 0 Å². The summed E-state index contributed by atoms with van der Waals surface area (Å²) in [5.74, 6) is 0.718. The van der Waals surface area contributed by atoms with Crippen molar-refractivity contribution in [1.29, 1.82) is 0 Å². The van der Waals surface area contributed by atoms with Gasteiger partial charge in [0.05, 0.1) is 0 Å². The van der Waals surface area contributed by atoms with E-state index in [0.29, 0.717) is 18.2 Å². The number of aryl methyl sites for hydroxylation is 1. The van der Waals surface area contributed by atoms with Crippen molar-refractivity contribution in [3.63, 3.8) is 0 Å². The zero-order valence-corrected chi connectivity index (χ0v) is 16.7. The van der Waals surface area contributed by atoms with E-state index in [0.717, 1.165) is 45.6 Å². The Kier molecular flexibility index (Phi) is 9.22. The molecule has 142 valence electrons. The quantitative estimate of drug-likeness (QED) is 0.863. The van der Waals surface area contributed by atoms with Crippen LogP contribution in [0.15, 0.2) is 24.3 Å². The number of amides is 1. The van der Waals surface area contributed by atoms with Crippen LogP contribution in [0.2, 0.25) is 0 Å². The summed E-state index contributed by atoms with van der Waals surface area (Å²) in [5.41, 5.74) is 8.84. The predicted molar refractivity (Wildman–Crippen MR) is 107 cm³/mol. The average Bonchev–Trinajstić information content (AvgIpc) is 2.95. The zero-order valence-electron chi connectivity index (χ0n) is 15.0. The Hall–Kier alpha value is -0.810. The molecule has 2 atom stereocenters. The van der Waals surface area contributed by atoms with Gasteiger partial charge in [-0.1, -0.05) is 30.7 Å². The number of hydrogen-bond donors (Lipinski definition) is 1. The van der Waals surface area contributed by atoms with E-state index in [9.17, 15) is 4.79 Å². The second-order valence-corrected chi connectivity index (χ2v) is 7.14. The van der Waals surface area contributed by atoms with Gasteiger partial charge in [0.1, 0.15) is 0 Å². The SMILES string of the molecule is Cc1ccccc1CN1CCN(C(=O)C[C@@H]2CCC[C@H]2N)CC1.Cl.Cl. The fourth-order valence-electron chi connectivity index (χ4n) is 3.86. The van der Waals surface area contributed by atoms with Gasteiger partial charge in [0, 0.05) is 45.2 Å². The van der Waals surface area contributed by atoms with Crippen LogP contribution in [0.4, 0.5) is 0 Å². The molecular formula is C19H31Cl2N3O. The molecule has 2 fully saturated rings. The first-order valence-corrected chi connectivity index (χ1v) is 8.93. The Morgan fingerprint density at radius 1 is 1.12 bits per heavy atom. The van der Waals surface area contributed by atoms with E-state index in [1.165, 1.54) is 17.5 Å². The lowest BCUT2D eigenvalue weighted by atomic mass is 9.99. The van der Waals surface area contributed by atoms with Gasteiger partial charge in [0.25, 0.3) is 0 Å². The lowest BCUT2D eigenvalue weighted by Gasteiger charge is -2.35. The van der Waals surface area contributed by atoms with Crippen LogP contribution in [-0.2, 0) is 11.3 Å². The number of halogens is 2. The van der Waals surface area contributed by atoms with E-state index in [1.54, 1.807) is 0 Å². The summed E-state index contributed by atoms with van der Waals surface area (Å²) in [4.78, 5) is 17.0. The van der Waals surface area contributed by atoms with Crippen LogP contribution < -0.4 is 5.73 Å². The van der Waals surface area contributed by atoms with E-state index in [2.05, 4.69) is 36.1 Å². The van der Waals surface area contributed by atoms with Crippen molar-refractivity contribution in [2.24, 2.45) is 11.7 Å². The molecule has 1 amide bonds. The molecule has 0 radical (unpaired) electrons. The average molecular weight is 388 g/mol. The number of rotatable bonds is 4. The minimum absolute atomic E-state index is 0. The summed E-state index contributed by atoms with van der Waals surface area (Å²) < 4.78 is 0. The molecule has 1 aromatic rings. The third-order valence-electron chi connectivity index (χ3n) is 5.53. The fraction of sp³-hybridized carbons (Fsp3) is 0.632. The van der Waals surface area contributed by atoms with Crippen molar-refractivity contribution in [3.05, 3.63) is 35.4 Å². The standard InChI is InChI=1S/C19H29N3O.2ClH/c1-15-5-2-3-6-17(15)14-21-9-11-22(12-10-21)19(23)13-16-7-4-8-18(16)20;;/h2-3,5-6,16,18H,4,7-14,20H2,1H3;2*1H/t16-,18+;;/m0../s1. The number of nitrogens with zero attached hydrogens (tertiary/aromatic N) is 2. The molecule has 0 aromatic heterocycles. The minimum Gasteiger partial charge on any atom is -0.340 e. The van der Waals surface area contributed by atoms with Crippen LogP contribution >= 0.6 is 24.8 Å². The van der Waals surface area contributed by atoms with Crippen LogP contribution in [0.5, 0.6) is 0 Å². The smallest absolute Gasteiger partial charge is 0.222 e. The van der Waals surface area contributed by atoms with Crippen molar-refractivity contribution in [1.82, 2.24) is 9.80 Å². The second-order valence-electron chi connectivity index (χ2n) is 7.14. The Morgan fingerprint density at radius 2 is 1.80 bits per heavy atom. The first kappa shape index (κ1) is 22.2. The minimum atomic E-state index is 0. The topological polar surface area (TPSA) is 49.6 Å². The molecule has 2 N–H and O–H groups in total. The summed E-state index contributed by atoms with van der Waals surface area (Å²) in [5, 5.41) is 0. The number of piperazine rings is 1. The molecule has 3 rings (SSSR count). The molecule has 2 aliphatic rings. The van der Waals surface area contributed by atoms with Gasteiger partial charge in [-0.05, 0) is 36.8 Å². The molecule has 1 saturated carbocycles. The third-order valence-corrected chi connectivity index (χ3v) is 5.53. The van der Waals surface area contributed by atoms with Crippen molar-refractivity contribution in [2.45, 2.75) is 45.2 Å². The summed E-state index contributed by atoms with van der Waals surface area (Å²) >= 11 is 0. The molecule has 1 saturated heterocycles. The largest absolute Gasteiger partial charge is 0.340 e. The maximum Gasteiger partial charge on any atom is 0.222 e. The Bertz CT molecular complexity index is 547. The summed E-state index contributed by atoms with van der Waals surface area (Å²) in [6.45, 7) is 6.80. The number of carbonyl (C=O) groups is 1. The number of benzene rings is 1. The lowest BCUT2D eigenvalue weighted by molar-refractivity contribution is -0.134. The number of carbonyl (C=O) groups excluding carboxylic acids is 1. The first-order chi connectivity index (χ1) is 11.1. The molecule has 0 spiro atoms. The molecule has 4 nitrogen and oxygen atoms in total. The second kappa shape index (κ2) is 10.4. The van der Waals surface area contributed by atoms with Crippen molar-refractivity contribution < 1.29 is 4.79 Å². The summed E-state index contributed by atoms with van der Waals surface area (Å²) in [7, 11) is 0. The Morgan fingerprint density at radius 3 is 2.40 bits per heavy atom. The van der Waals surface area contributed by atoms with Gasteiger partial charge >= 0.3 is 0 Å². The normalized spacial score (nSPS) is 23.7. The van der Waals surface area contributed by atoms with Gasteiger partial charge in [-0.2, -0.15) is 0 Å². The highest BCUT2D eigenvalue weighted by molar-refractivity contribution is 5.85. The van der Waals surface area contributed by atoms with E-state index < -0.39 is 0 Å². The Labute approximate surface area is 163 Å². The van der Waals surface area contributed by atoms with Gasteiger partial charge in [0.2, 0.25) is 5.91 Å². The Balaban J connectivity index is 0.00000156. The predicted octanol–water partition coefficient (Wildman–Crippen LogP) is 3.00. The van der Waals surface area contributed by atoms with Crippen LogP contribution in [0.1, 0.15) is 36.8 Å². The molecule has 6 heteroatoms. The molecule has 1 aliphatic heterocycles. The van der Waals surface area contributed by atoms with Gasteiger partial charge in [-0.25, -0.2) is 0 Å². The van der Waals surface area contributed by atoms with Gasteiger partial charge < -0.3 is 10.6 Å². The first-order valence-electron chi connectivity index (χ1n) is 8.93. The summed E-state index contributed by atoms with van der Waals surface area (Å²) in [6, 6.07) is 8.80. The fourth-order valence-corrected chi connectivity index (χ4v) is 3.86. The van der Waals surface area contributed by atoms with Crippen molar-refractivity contribution >= 4 is 30.7 Å². The zero-order chi connectivity index (χ0) is 16.2. The molecule has 1 aliphatic carbocycles. The molecule has 1 aromatic carbocycles. The van der Waals surface area contributed by atoms with Gasteiger partial charge in [-0.3, -0.25) is 9.69 Å². The number of nitrogens with two attached hydrogens (primary N) is 1. The third kappa shape index (κ3) is 5.85. The molecular weight excluding hydrogens is 357 g/mol. The molecule has 0 unspecified atom stereocenters. The van der Waals surface area contributed by atoms with E-state index in [-0.39, 0.29) is 30.9 Å². The maximum absolute atomic E-state index is 12.5.